The van der Waals surface area contributed by atoms with Crippen molar-refractivity contribution in [3.8, 4) is 17.2 Å². The number of fused-ring (bicyclic) bond motifs is 1. The lowest BCUT2D eigenvalue weighted by Crippen LogP contribution is -2.30. The first-order valence-corrected chi connectivity index (χ1v) is 15.1. The van der Waals surface area contributed by atoms with E-state index >= 15 is 0 Å². The maximum absolute atomic E-state index is 10.4. The van der Waals surface area contributed by atoms with Crippen LogP contribution in [-0.2, 0) is 9.59 Å². The standard InChI is InChI=1S/C20H31NO3.C9H19NO.C2H6.CH2O2/c1-6-7-20(2,3)11-16-8-15(12-21(16)4)14-9-17(22-5)19-18(10-14)23-13-24-19;1-3-5-7-10(9-11)8-6-4-2;1-2;2-1-3/h9-10,15-16H,6-8,11-13H2,1-5H3;9H,3-8H2,1-2H3;1-2H3;1H,(H,2,3)/t15-,16-;;;/m1.../s1. The fourth-order valence-electron chi connectivity index (χ4n) is 5.30. The van der Waals surface area contributed by atoms with Gasteiger partial charge in [0.25, 0.3) is 6.47 Å². The number of benzene rings is 1. The van der Waals surface area contributed by atoms with E-state index in [4.69, 9.17) is 24.1 Å². The van der Waals surface area contributed by atoms with E-state index in [-0.39, 0.29) is 13.3 Å². The van der Waals surface area contributed by atoms with Gasteiger partial charge in [0.05, 0.1) is 7.11 Å². The number of carboxylic acid groups (broad SMARTS) is 1. The molecule has 40 heavy (non-hydrogen) atoms. The topological polar surface area (TPSA) is 88.5 Å². The summed E-state index contributed by atoms with van der Waals surface area (Å²) >= 11 is 0. The molecule has 2 atom stereocenters. The average molecular weight is 567 g/mol. The molecule has 1 aromatic carbocycles. The van der Waals surface area contributed by atoms with Crippen LogP contribution in [0.5, 0.6) is 17.2 Å². The fraction of sp³-hybridized carbons (Fsp3) is 0.750. The van der Waals surface area contributed by atoms with Crippen LogP contribution in [0.1, 0.15) is 111 Å². The normalized spacial score (nSPS) is 17.3. The molecule has 8 nitrogen and oxygen atoms in total. The van der Waals surface area contributed by atoms with Crippen molar-refractivity contribution in [1.82, 2.24) is 9.80 Å². The minimum absolute atomic E-state index is 0.250. The first-order valence-electron chi connectivity index (χ1n) is 15.1. The van der Waals surface area contributed by atoms with E-state index in [1.165, 1.54) is 31.2 Å². The van der Waals surface area contributed by atoms with E-state index in [1.54, 1.807) is 7.11 Å². The van der Waals surface area contributed by atoms with Crippen molar-refractivity contribution in [2.45, 2.75) is 112 Å². The van der Waals surface area contributed by atoms with Gasteiger partial charge in [0, 0.05) is 25.7 Å². The van der Waals surface area contributed by atoms with Gasteiger partial charge < -0.3 is 29.1 Å². The molecule has 1 saturated heterocycles. The second-order valence-electron chi connectivity index (χ2n) is 11.1. The van der Waals surface area contributed by atoms with Gasteiger partial charge in [-0.2, -0.15) is 0 Å². The zero-order valence-electron chi connectivity index (χ0n) is 26.8. The number of unbranched alkanes of at least 4 members (excludes halogenated alkanes) is 2. The maximum Gasteiger partial charge on any atom is 0.290 e. The average Bonchev–Trinajstić information content (AvgIpc) is 3.56. The van der Waals surface area contributed by atoms with Crippen LogP contribution < -0.4 is 14.2 Å². The van der Waals surface area contributed by atoms with Crippen LogP contribution >= 0.6 is 0 Å². The Morgan fingerprint density at radius 1 is 1.07 bits per heavy atom. The number of ether oxygens (including phenoxy) is 3. The molecule has 1 N–H and O–H groups in total. The number of hydrogen-bond donors (Lipinski definition) is 1. The third-order valence-electron chi connectivity index (χ3n) is 7.30. The van der Waals surface area contributed by atoms with E-state index in [9.17, 15) is 4.79 Å². The molecular weight excluding hydrogens is 508 g/mol. The molecule has 8 heteroatoms. The van der Waals surface area contributed by atoms with E-state index < -0.39 is 0 Å². The molecule has 1 fully saturated rings. The van der Waals surface area contributed by atoms with E-state index in [2.05, 4.69) is 58.7 Å². The highest BCUT2D eigenvalue weighted by Crippen LogP contribution is 2.46. The second-order valence-corrected chi connectivity index (χ2v) is 11.1. The molecule has 0 aromatic heterocycles. The predicted molar refractivity (Wildman–Crippen MR) is 164 cm³/mol. The zero-order chi connectivity index (χ0) is 30.6. The number of nitrogens with zero attached hydrogens (tertiary/aromatic N) is 2. The fourth-order valence-corrected chi connectivity index (χ4v) is 5.30. The Balaban J connectivity index is 0.000000800. The Labute approximate surface area is 244 Å². The van der Waals surface area contributed by atoms with Crippen LogP contribution in [0.4, 0.5) is 0 Å². The molecule has 232 valence electrons. The molecule has 2 aliphatic rings. The zero-order valence-corrected chi connectivity index (χ0v) is 26.8. The van der Waals surface area contributed by atoms with Gasteiger partial charge in [0.15, 0.2) is 11.5 Å². The van der Waals surface area contributed by atoms with Crippen molar-refractivity contribution in [1.29, 1.82) is 0 Å². The summed E-state index contributed by atoms with van der Waals surface area (Å²) < 4.78 is 16.6. The summed E-state index contributed by atoms with van der Waals surface area (Å²) in [5.74, 6) is 2.88. The monoisotopic (exact) mass is 566 g/mol. The largest absolute Gasteiger partial charge is 0.493 e. The van der Waals surface area contributed by atoms with E-state index in [0.717, 1.165) is 69.0 Å². The summed E-state index contributed by atoms with van der Waals surface area (Å²) in [5, 5.41) is 6.89. The van der Waals surface area contributed by atoms with Crippen molar-refractivity contribution in [2.75, 3.05) is 40.6 Å². The summed E-state index contributed by atoms with van der Waals surface area (Å²) in [6.45, 7) is 18.4. The van der Waals surface area contributed by atoms with Crippen LogP contribution in [0.15, 0.2) is 12.1 Å². The third-order valence-corrected chi connectivity index (χ3v) is 7.30. The van der Waals surface area contributed by atoms with Gasteiger partial charge >= 0.3 is 0 Å². The Morgan fingerprint density at radius 3 is 2.17 bits per heavy atom. The molecule has 0 bridgehead atoms. The van der Waals surface area contributed by atoms with E-state index in [0.29, 0.717) is 17.4 Å². The lowest BCUT2D eigenvalue weighted by Gasteiger charge is -2.30. The lowest BCUT2D eigenvalue weighted by molar-refractivity contribution is -0.123. The minimum atomic E-state index is -0.250. The molecule has 1 aromatic rings. The number of methoxy groups -OCH3 is 1. The Kier molecular flexibility index (Phi) is 20.0. The molecule has 0 spiro atoms. The summed E-state index contributed by atoms with van der Waals surface area (Å²) in [5.41, 5.74) is 1.72. The van der Waals surface area contributed by atoms with Gasteiger partial charge in [0.2, 0.25) is 19.0 Å². The first-order chi connectivity index (χ1) is 19.2. The second kappa shape index (κ2) is 21.3. The number of carbonyl (C=O) groups excluding carboxylic acids is 1. The number of hydrogen-bond acceptors (Lipinski definition) is 6. The van der Waals surface area contributed by atoms with Crippen molar-refractivity contribution >= 4 is 12.9 Å². The van der Waals surface area contributed by atoms with Crippen molar-refractivity contribution in [2.24, 2.45) is 5.41 Å². The summed E-state index contributed by atoms with van der Waals surface area (Å²) in [4.78, 5) is 23.2. The highest BCUT2D eigenvalue weighted by atomic mass is 16.7. The number of amides is 1. The number of carbonyl (C=O) groups is 2. The Morgan fingerprint density at radius 2 is 1.68 bits per heavy atom. The van der Waals surface area contributed by atoms with Gasteiger partial charge in [-0.05, 0) is 68.2 Å². The van der Waals surface area contributed by atoms with Crippen LogP contribution in [0.25, 0.3) is 0 Å². The molecule has 0 saturated carbocycles. The molecule has 2 heterocycles. The van der Waals surface area contributed by atoms with Crippen LogP contribution in [0.2, 0.25) is 0 Å². The third kappa shape index (κ3) is 13.2. The summed E-state index contributed by atoms with van der Waals surface area (Å²) in [6, 6.07) is 4.92. The van der Waals surface area contributed by atoms with Crippen LogP contribution in [0, 0.1) is 5.41 Å². The van der Waals surface area contributed by atoms with Crippen LogP contribution in [-0.4, -0.2) is 74.4 Å². The van der Waals surface area contributed by atoms with Gasteiger partial charge in [-0.25, -0.2) is 0 Å². The van der Waals surface area contributed by atoms with Gasteiger partial charge in [0.1, 0.15) is 0 Å². The Hall–Kier alpha value is -2.48. The van der Waals surface area contributed by atoms with Gasteiger partial charge in [-0.3, -0.25) is 9.59 Å². The smallest absolute Gasteiger partial charge is 0.290 e. The minimum Gasteiger partial charge on any atom is -0.493 e. The molecule has 0 unspecified atom stereocenters. The number of likely N-dealkylation sites (N-methyl/N-ethyl adjacent to an activating group) is 1. The molecule has 0 radical (unpaired) electrons. The number of rotatable bonds is 13. The van der Waals surface area contributed by atoms with E-state index in [1.807, 2.05) is 18.7 Å². The SMILES string of the molecule is CC.CCCC(C)(C)C[C@H]1C[C@@H](c2cc(OC)c3c(c2)OCO3)CN1C.CCCCN(C=O)CCCC.O=CO. The molecular formula is C32H58N2O6. The van der Waals surface area contributed by atoms with Crippen molar-refractivity contribution in [3.05, 3.63) is 17.7 Å². The number of likely N-dealkylation sites (tertiary alicyclic amines) is 1. The highest BCUT2D eigenvalue weighted by Gasteiger charge is 2.35. The molecule has 0 aliphatic carbocycles. The highest BCUT2D eigenvalue weighted by molar-refractivity contribution is 5.55. The first kappa shape index (κ1) is 37.5. The molecule has 1 amide bonds. The maximum atomic E-state index is 10.4. The van der Waals surface area contributed by atoms with Crippen LogP contribution in [0.3, 0.4) is 0 Å². The Bertz CT molecular complexity index is 809. The molecule has 3 rings (SSSR count). The van der Waals surface area contributed by atoms with Gasteiger partial charge in [-0.15, -0.1) is 0 Å². The summed E-state index contributed by atoms with van der Waals surface area (Å²) in [6.07, 6.45) is 10.6. The lowest BCUT2D eigenvalue weighted by atomic mass is 9.80. The molecule has 2 aliphatic heterocycles. The van der Waals surface area contributed by atoms with Crippen molar-refractivity contribution < 1.29 is 28.9 Å². The summed E-state index contributed by atoms with van der Waals surface area (Å²) in [7, 11) is 3.95. The van der Waals surface area contributed by atoms with Crippen molar-refractivity contribution in [3.63, 3.8) is 0 Å². The quantitative estimate of drug-likeness (QED) is 0.253. The van der Waals surface area contributed by atoms with Gasteiger partial charge in [-0.1, -0.05) is 67.7 Å². The predicted octanol–water partition coefficient (Wildman–Crippen LogP) is 7.20.